The third-order valence-electron chi connectivity index (χ3n) is 3.80. The molecular formula is C15H18N4O2. The van der Waals surface area contributed by atoms with Crippen molar-refractivity contribution < 1.29 is 9.21 Å². The Labute approximate surface area is 123 Å². The van der Waals surface area contributed by atoms with Gasteiger partial charge in [-0.15, -0.1) is 5.10 Å². The summed E-state index contributed by atoms with van der Waals surface area (Å²) in [6.45, 7) is 3.59. The molecule has 3 rings (SSSR count). The lowest BCUT2D eigenvalue weighted by Gasteiger charge is -2.26. The zero-order valence-corrected chi connectivity index (χ0v) is 12.0. The van der Waals surface area contributed by atoms with E-state index in [9.17, 15) is 4.79 Å². The number of nitrogen functional groups attached to an aromatic ring is 1. The van der Waals surface area contributed by atoms with Gasteiger partial charge in [-0.3, -0.25) is 4.79 Å². The normalized spacial score (nSPS) is 15.2. The predicted octanol–water partition coefficient (Wildman–Crippen LogP) is 2.25. The average molecular weight is 286 g/mol. The minimum Gasteiger partial charge on any atom is -0.404 e. The van der Waals surface area contributed by atoms with E-state index in [4.69, 9.17) is 10.2 Å². The maximum atomic E-state index is 12.5. The van der Waals surface area contributed by atoms with Crippen LogP contribution < -0.4 is 5.73 Å². The lowest BCUT2D eigenvalue weighted by molar-refractivity contribution is 0.0724. The van der Waals surface area contributed by atoms with Crippen molar-refractivity contribution in [3.8, 4) is 11.5 Å². The number of anilines is 1. The number of hydrogen-bond acceptors (Lipinski definition) is 5. The third-order valence-corrected chi connectivity index (χ3v) is 3.80. The van der Waals surface area contributed by atoms with Crippen molar-refractivity contribution in [1.29, 1.82) is 0 Å². The van der Waals surface area contributed by atoms with Crippen LogP contribution >= 0.6 is 0 Å². The largest absolute Gasteiger partial charge is 0.404 e. The molecule has 1 aromatic carbocycles. The molecule has 1 aromatic heterocycles. The summed E-state index contributed by atoms with van der Waals surface area (Å²) in [6.07, 6.45) is 3.35. The van der Waals surface area contributed by atoms with Crippen molar-refractivity contribution in [2.45, 2.75) is 26.2 Å². The minimum atomic E-state index is 0.0251. The molecule has 0 bridgehead atoms. The number of carbonyl (C=O) groups is 1. The zero-order valence-electron chi connectivity index (χ0n) is 12.0. The quantitative estimate of drug-likeness (QED) is 0.915. The average Bonchev–Trinajstić information content (AvgIpc) is 2.94. The second kappa shape index (κ2) is 5.55. The Kier molecular flexibility index (Phi) is 3.60. The van der Waals surface area contributed by atoms with Gasteiger partial charge in [0.1, 0.15) is 0 Å². The van der Waals surface area contributed by atoms with Crippen LogP contribution in [0.25, 0.3) is 11.5 Å². The van der Waals surface area contributed by atoms with Crippen LogP contribution in [0, 0.1) is 6.92 Å². The fraction of sp³-hybridized carbons (Fsp3) is 0.400. The number of piperidine rings is 1. The van der Waals surface area contributed by atoms with Crippen molar-refractivity contribution >= 4 is 11.9 Å². The second-order valence-electron chi connectivity index (χ2n) is 5.33. The van der Waals surface area contributed by atoms with Crippen molar-refractivity contribution in [1.82, 2.24) is 15.1 Å². The van der Waals surface area contributed by atoms with Gasteiger partial charge in [-0.05, 0) is 43.9 Å². The molecule has 6 heteroatoms. The number of likely N-dealkylation sites (tertiary alicyclic amines) is 1. The number of benzene rings is 1. The lowest BCUT2D eigenvalue weighted by Crippen LogP contribution is -2.35. The summed E-state index contributed by atoms with van der Waals surface area (Å²) in [5, 5.41) is 7.56. The highest BCUT2D eigenvalue weighted by Gasteiger charge is 2.20. The van der Waals surface area contributed by atoms with Gasteiger partial charge in [0, 0.05) is 24.2 Å². The van der Waals surface area contributed by atoms with Crippen LogP contribution in [0.3, 0.4) is 0 Å². The van der Waals surface area contributed by atoms with Gasteiger partial charge >= 0.3 is 6.01 Å². The van der Waals surface area contributed by atoms with Crippen molar-refractivity contribution in [2.24, 2.45) is 0 Å². The van der Waals surface area contributed by atoms with Gasteiger partial charge in [0.2, 0.25) is 5.89 Å². The molecule has 2 heterocycles. The number of rotatable bonds is 2. The van der Waals surface area contributed by atoms with Gasteiger partial charge in [0.15, 0.2) is 0 Å². The Morgan fingerprint density at radius 1 is 1.24 bits per heavy atom. The minimum absolute atomic E-state index is 0.0251. The molecule has 0 aliphatic carbocycles. The first-order chi connectivity index (χ1) is 10.1. The fourth-order valence-electron chi connectivity index (χ4n) is 2.61. The van der Waals surface area contributed by atoms with Gasteiger partial charge < -0.3 is 15.1 Å². The number of nitrogens with two attached hydrogens (primary N) is 1. The molecule has 1 fully saturated rings. The number of amides is 1. The van der Waals surface area contributed by atoms with Crippen LogP contribution in [0.2, 0.25) is 0 Å². The molecule has 1 saturated heterocycles. The second-order valence-corrected chi connectivity index (χ2v) is 5.33. The monoisotopic (exact) mass is 286 g/mol. The molecule has 21 heavy (non-hydrogen) atoms. The van der Waals surface area contributed by atoms with Crippen molar-refractivity contribution in [3.05, 3.63) is 29.3 Å². The van der Waals surface area contributed by atoms with E-state index in [0.29, 0.717) is 11.5 Å². The maximum absolute atomic E-state index is 12.5. The zero-order chi connectivity index (χ0) is 14.8. The molecular weight excluding hydrogens is 268 g/mol. The van der Waals surface area contributed by atoms with E-state index < -0.39 is 0 Å². The lowest BCUT2D eigenvalue weighted by atomic mass is 10.0. The van der Waals surface area contributed by atoms with E-state index in [1.807, 2.05) is 24.0 Å². The maximum Gasteiger partial charge on any atom is 0.313 e. The number of carbonyl (C=O) groups excluding carboxylic acids is 1. The molecule has 0 radical (unpaired) electrons. The summed E-state index contributed by atoms with van der Waals surface area (Å²) >= 11 is 0. The van der Waals surface area contributed by atoms with Crippen LogP contribution in [0.5, 0.6) is 0 Å². The third kappa shape index (κ3) is 2.74. The highest BCUT2D eigenvalue weighted by molar-refractivity contribution is 5.95. The van der Waals surface area contributed by atoms with Crippen molar-refractivity contribution in [2.75, 3.05) is 18.8 Å². The van der Waals surface area contributed by atoms with Crippen molar-refractivity contribution in [3.63, 3.8) is 0 Å². The van der Waals surface area contributed by atoms with E-state index in [1.165, 1.54) is 6.42 Å². The van der Waals surface area contributed by atoms with Gasteiger partial charge in [-0.1, -0.05) is 11.2 Å². The number of nitrogens with zero attached hydrogens (tertiary/aromatic N) is 3. The Balaban J connectivity index is 1.91. The van der Waals surface area contributed by atoms with Gasteiger partial charge in [0.25, 0.3) is 5.91 Å². The van der Waals surface area contributed by atoms with E-state index in [0.717, 1.165) is 37.1 Å². The first-order valence-electron chi connectivity index (χ1n) is 7.14. The van der Waals surface area contributed by atoms with Gasteiger partial charge in [-0.2, -0.15) is 0 Å². The molecule has 110 valence electrons. The Bertz CT molecular complexity index is 659. The molecule has 0 atom stereocenters. The number of hydrogen-bond donors (Lipinski definition) is 1. The first-order valence-corrected chi connectivity index (χ1v) is 7.14. The van der Waals surface area contributed by atoms with E-state index in [2.05, 4.69) is 10.2 Å². The first kappa shape index (κ1) is 13.6. The molecule has 0 spiro atoms. The van der Waals surface area contributed by atoms with Crippen LogP contribution in [0.1, 0.15) is 35.2 Å². The highest BCUT2D eigenvalue weighted by Crippen LogP contribution is 2.25. The van der Waals surface area contributed by atoms with Gasteiger partial charge in [0.05, 0.1) is 0 Å². The Morgan fingerprint density at radius 3 is 2.67 bits per heavy atom. The molecule has 1 aliphatic rings. The molecule has 0 unspecified atom stereocenters. The smallest absolute Gasteiger partial charge is 0.313 e. The number of aryl methyl sites for hydroxylation is 1. The molecule has 1 amide bonds. The topological polar surface area (TPSA) is 85.2 Å². The fourth-order valence-corrected chi connectivity index (χ4v) is 2.61. The summed E-state index contributed by atoms with van der Waals surface area (Å²) < 4.78 is 5.26. The van der Waals surface area contributed by atoms with Crippen LogP contribution in [0.4, 0.5) is 6.01 Å². The summed E-state index contributed by atoms with van der Waals surface area (Å²) in [7, 11) is 0. The van der Waals surface area contributed by atoms with Gasteiger partial charge in [-0.25, -0.2) is 0 Å². The summed E-state index contributed by atoms with van der Waals surface area (Å²) in [5.41, 5.74) is 7.83. The van der Waals surface area contributed by atoms with Crippen LogP contribution in [0.15, 0.2) is 22.6 Å². The number of aromatic nitrogens is 2. The Morgan fingerprint density at radius 2 is 2.00 bits per heavy atom. The van der Waals surface area contributed by atoms with E-state index in [1.54, 1.807) is 6.07 Å². The van der Waals surface area contributed by atoms with Crippen LogP contribution in [-0.2, 0) is 0 Å². The molecule has 2 N–H and O–H groups in total. The summed E-state index contributed by atoms with van der Waals surface area (Å²) in [6, 6.07) is 5.57. The SMILES string of the molecule is Cc1ccc(C(=O)N2CCCCC2)cc1-c1nnc(N)o1. The molecule has 6 nitrogen and oxygen atoms in total. The standard InChI is InChI=1S/C15H18N4O2/c1-10-5-6-11(14(20)19-7-3-2-4-8-19)9-12(10)13-17-18-15(16)21-13/h5-6,9H,2-4,7-8H2,1H3,(H2,16,18). The predicted molar refractivity (Wildman–Crippen MR) is 78.6 cm³/mol. The molecule has 2 aromatic rings. The van der Waals surface area contributed by atoms with E-state index >= 15 is 0 Å². The van der Waals surface area contributed by atoms with Crippen LogP contribution in [-0.4, -0.2) is 34.1 Å². The molecule has 1 aliphatic heterocycles. The summed E-state index contributed by atoms with van der Waals surface area (Å²) in [4.78, 5) is 14.4. The molecule has 0 saturated carbocycles. The van der Waals surface area contributed by atoms with E-state index in [-0.39, 0.29) is 11.9 Å². The Hall–Kier alpha value is -2.37. The highest BCUT2D eigenvalue weighted by atomic mass is 16.4. The summed E-state index contributed by atoms with van der Waals surface area (Å²) in [5.74, 6) is 0.404.